The third-order valence-electron chi connectivity index (χ3n) is 5.57. The van der Waals surface area contributed by atoms with Crippen LogP contribution in [0.2, 0.25) is 0 Å². The molecule has 0 N–H and O–H groups in total. The van der Waals surface area contributed by atoms with Crippen LogP contribution in [0.1, 0.15) is 31.7 Å². The standard InChI is InChI=1S/C21H23N3O2S.C4H8/c1-4-19(26-3)11-8-17-15-23(2)21(20(17)14-22)16-6-9-18(10-7-16)24-12-5-13-27(24)25;1-4-2-3-4/h4,6-11H,1,5,12-13,15H2,2-3H3;4H,2-3H2,1H3/b17-8+,19-11+;. The molecule has 4 rings (SSSR count). The van der Waals surface area contributed by atoms with Crippen LogP contribution in [-0.4, -0.2) is 42.1 Å². The average molecular weight is 438 g/mol. The molecule has 1 aromatic carbocycles. The second kappa shape index (κ2) is 10.5. The van der Waals surface area contributed by atoms with Crippen LogP contribution >= 0.6 is 0 Å². The molecule has 0 aromatic heterocycles. The van der Waals surface area contributed by atoms with Gasteiger partial charge in [0.05, 0.1) is 18.4 Å². The van der Waals surface area contributed by atoms with Gasteiger partial charge in [0.2, 0.25) is 0 Å². The van der Waals surface area contributed by atoms with Crippen LogP contribution < -0.4 is 4.31 Å². The normalized spacial score (nSPS) is 22.3. The number of hydrogen-bond acceptors (Lipinski definition) is 4. The first-order chi connectivity index (χ1) is 15.0. The molecule has 1 saturated carbocycles. The molecule has 1 saturated heterocycles. The molecule has 0 radical (unpaired) electrons. The Hall–Kier alpha value is -2.78. The Morgan fingerprint density at radius 2 is 2.00 bits per heavy atom. The summed E-state index contributed by atoms with van der Waals surface area (Å²) in [4.78, 5) is 2.07. The van der Waals surface area contributed by atoms with E-state index in [1.165, 1.54) is 12.8 Å². The zero-order valence-corrected chi connectivity index (χ0v) is 19.5. The molecule has 0 bridgehead atoms. The second-order valence-electron chi connectivity index (χ2n) is 8.07. The van der Waals surface area contributed by atoms with Crippen molar-refractivity contribution < 1.29 is 8.95 Å². The first-order valence-corrected chi connectivity index (χ1v) is 12.0. The second-order valence-corrected chi connectivity index (χ2v) is 9.56. The van der Waals surface area contributed by atoms with Crippen molar-refractivity contribution in [3.05, 3.63) is 71.5 Å². The van der Waals surface area contributed by atoms with E-state index < -0.39 is 11.0 Å². The molecule has 6 heteroatoms. The highest BCUT2D eigenvalue weighted by Gasteiger charge is 2.26. The highest BCUT2D eigenvalue weighted by atomic mass is 32.2. The smallest absolute Gasteiger partial charge is 0.119 e. The van der Waals surface area contributed by atoms with Crippen molar-refractivity contribution >= 4 is 22.4 Å². The van der Waals surface area contributed by atoms with Gasteiger partial charge in [-0.05, 0) is 47.8 Å². The lowest BCUT2D eigenvalue weighted by atomic mass is 10.0. The number of benzene rings is 1. The molecule has 2 fully saturated rings. The fourth-order valence-corrected chi connectivity index (χ4v) is 4.81. The summed E-state index contributed by atoms with van der Waals surface area (Å²) >= 11 is 0. The van der Waals surface area contributed by atoms with E-state index in [9.17, 15) is 9.47 Å². The fraction of sp³-hybridized carbons (Fsp3) is 0.400. The van der Waals surface area contributed by atoms with Gasteiger partial charge >= 0.3 is 0 Å². The van der Waals surface area contributed by atoms with Crippen molar-refractivity contribution in [3.63, 3.8) is 0 Å². The van der Waals surface area contributed by atoms with Crippen LogP contribution in [0.3, 0.4) is 0 Å². The maximum atomic E-state index is 12.0. The first kappa shape index (κ1) is 22.9. The number of rotatable bonds is 5. The topological polar surface area (TPSA) is 56.6 Å². The molecule has 0 spiro atoms. The molecule has 0 amide bonds. The molecule has 1 atom stereocenters. The highest BCUT2D eigenvalue weighted by molar-refractivity contribution is 7.86. The van der Waals surface area contributed by atoms with Crippen molar-refractivity contribution in [1.29, 1.82) is 5.26 Å². The van der Waals surface area contributed by atoms with Crippen LogP contribution in [0, 0.1) is 17.2 Å². The Balaban J connectivity index is 0.000000610. The monoisotopic (exact) mass is 437 g/mol. The quantitative estimate of drug-likeness (QED) is 0.490. The zero-order valence-electron chi connectivity index (χ0n) is 18.6. The van der Waals surface area contributed by atoms with E-state index in [1.54, 1.807) is 13.2 Å². The predicted octanol–water partition coefficient (Wildman–Crippen LogP) is 4.80. The molecular weight excluding hydrogens is 406 g/mol. The molecule has 1 aliphatic carbocycles. The lowest BCUT2D eigenvalue weighted by molar-refractivity contribution is 0.307. The van der Waals surface area contributed by atoms with Crippen molar-refractivity contribution in [1.82, 2.24) is 4.90 Å². The Morgan fingerprint density at radius 3 is 2.48 bits per heavy atom. The number of methoxy groups -OCH3 is 1. The van der Waals surface area contributed by atoms with E-state index in [2.05, 4.69) is 24.5 Å². The van der Waals surface area contributed by atoms with Crippen molar-refractivity contribution in [2.24, 2.45) is 5.92 Å². The summed E-state index contributed by atoms with van der Waals surface area (Å²) in [6.45, 7) is 7.46. The summed E-state index contributed by atoms with van der Waals surface area (Å²) in [6.07, 6.45) is 9.29. The van der Waals surface area contributed by atoms with Gasteiger partial charge in [-0.2, -0.15) is 5.26 Å². The van der Waals surface area contributed by atoms with Crippen molar-refractivity contribution in [3.8, 4) is 6.07 Å². The van der Waals surface area contributed by atoms with Crippen molar-refractivity contribution in [2.45, 2.75) is 26.2 Å². The Kier molecular flexibility index (Phi) is 7.75. The number of hydrogen-bond donors (Lipinski definition) is 0. The van der Waals surface area contributed by atoms with E-state index in [0.29, 0.717) is 17.9 Å². The lowest BCUT2D eigenvalue weighted by Crippen LogP contribution is -2.19. The maximum absolute atomic E-state index is 12.0. The largest absolute Gasteiger partial charge is 0.497 e. The Bertz CT molecular complexity index is 965. The van der Waals surface area contributed by atoms with Crippen molar-refractivity contribution in [2.75, 3.05) is 37.3 Å². The first-order valence-electron chi connectivity index (χ1n) is 10.7. The summed E-state index contributed by atoms with van der Waals surface area (Å²) < 4.78 is 19.2. The van der Waals surface area contributed by atoms with E-state index >= 15 is 0 Å². The van der Waals surface area contributed by atoms with Crippen LogP contribution in [0.25, 0.3) is 5.70 Å². The van der Waals surface area contributed by atoms with Gasteiger partial charge in [-0.1, -0.05) is 44.6 Å². The molecule has 2 heterocycles. The summed E-state index contributed by atoms with van der Waals surface area (Å²) in [6, 6.07) is 10.3. The summed E-state index contributed by atoms with van der Waals surface area (Å²) in [5.74, 6) is 2.46. The lowest BCUT2D eigenvalue weighted by Gasteiger charge is -2.19. The van der Waals surface area contributed by atoms with Crippen LogP contribution in [0.5, 0.6) is 0 Å². The van der Waals surface area contributed by atoms with E-state index in [-0.39, 0.29) is 0 Å². The van der Waals surface area contributed by atoms with Crippen LogP contribution in [-0.2, 0) is 15.7 Å². The molecule has 1 unspecified atom stereocenters. The molecule has 1 aromatic rings. The third-order valence-corrected chi connectivity index (χ3v) is 7.09. The minimum Gasteiger partial charge on any atom is -0.497 e. The molecule has 3 aliphatic rings. The van der Waals surface area contributed by atoms with Gasteiger partial charge in [-0.15, -0.1) is 0 Å². The molecule has 164 valence electrons. The number of anilines is 1. The SMILES string of the molecule is C=C/C(=C\C=C1/CN(C)C(c2ccc(N3CCCS3=O)cc2)=C1C#N)OC.CC1CC1. The average Bonchev–Trinajstić information content (AvgIpc) is 3.33. The summed E-state index contributed by atoms with van der Waals surface area (Å²) in [7, 11) is 2.64. The van der Waals surface area contributed by atoms with Crippen LogP contribution in [0.4, 0.5) is 5.69 Å². The molecule has 2 aliphatic heterocycles. The maximum Gasteiger partial charge on any atom is 0.119 e. The van der Waals surface area contributed by atoms with Gasteiger partial charge in [0, 0.05) is 31.6 Å². The molecule has 31 heavy (non-hydrogen) atoms. The number of likely N-dealkylation sites (N-methyl/N-ethyl adjacent to an activating group) is 1. The van der Waals surface area contributed by atoms with E-state index in [0.717, 1.165) is 47.2 Å². The van der Waals surface area contributed by atoms with E-state index in [4.69, 9.17) is 4.74 Å². The number of nitrogens with zero attached hydrogens (tertiary/aromatic N) is 3. The molecule has 5 nitrogen and oxygen atoms in total. The fourth-order valence-electron chi connectivity index (χ4n) is 3.53. The summed E-state index contributed by atoms with van der Waals surface area (Å²) in [5, 5.41) is 9.73. The molecular formula is C25H31N3O2S. The Labute approximate surface area is 188 Å². The minimum atomic E-state index is -0.928. The van der Waals surface area contributed by atoms with Gasteiger partial charge in [0.25, 0.3) is 0 Å². The third kappa shape index (κ3) is 5.68. The minimum absolute atomic E-state index is 0.652. The van der Waals surface area contributed by atoms with Gasteiger partial charge < -0.3 is 9.64 Å². The predicted molar refractivity (Wildman–Crippen MR) is 128 cm³/mol. The van der Waals surface area contributed by atoms with Gasteiger partial charge in [0.15, 0.2) is 0 Å². The van der Waals surface area contributed by atoms with Gasteiger partial charge in [-0.25, -0.2) is 4.21 Å². The number of nitriles is 1. The summed E-state index contributed by atoms with van der Waals surface area (Å²) in [5.41, 5.74) is 4.44. The van der Waals surface area contributed by atoms with Gasteiger partial charge in [-0.3, -0.25) is 4.31 Å². The van der Waals surface area contributed by atoms with Gasteiger partial charge in [0.1, 0.15) is 22.8 Å². The Morgan fingerprint density at radius 1 is 1.32 bits per heavy atom. The number of ether oxygens (including phenoxy) is 1. The number of allylic oxidation sites excluding steroid dienone is 3. The highest BCUT2D eigenvalue weighted by Crippen LogP contribution is 2.34. The zero-order chi connectivity index (χ0) is 22.4. The van der Waals surface area contributed by atoms with E-state index in [1.807, 2.05) is 47.8 Å². The van der Waals surface area contributed by atoms with Crippen LogP contribution in [0.15, 0.2) is 66.0 Å².